The molecular formula is C39H42F3N7O4S. The van der Waals surface area contributed by atoms with Crippen molar-refractivity contribution in [1.29, 1.82) is 0 Å². The van der Waals surface area contributed by atoms with Gasteiger partial charge in [0.05, 0.1) is 34.6 Å². The predicted molar refractivity (Wildman–Crippen MR) is 198 cm³/mol. The number of anilines is 1. The van der Waals surface area contributed by atoms with Gasteiger partial charge in [-0.25, -0.2) is 23.1 Å². The fourth-order valence-corrected chi connectivity index (χ4v) is 8.84. The number of ether oxygens (including phenoxy) is 1. The lowest BCUT2D eigenvalue weighted by Crippen LogP contribution is -2.49. The molecule has 3 aromatic heterocycles. The maximum absolute atomic E-state index is 14.9. The molecule has 1 amide bonds. The van der Waals surface area contributed by atoms with Crippen molar-refractivity contribution < 1.29 is 31.1 Å². The largest absolute Gasteiger partial charge is 0.475 e. The van der Waals surface area contributed by atoms with Crippen LogP contribution in [0.3, 0.4) is 0 Å². The quantitative estimate of drug-likeness (QED) is 0.197. The molecule has 5 heterocycles. The number of carbonyl (C=O) groups is 1. The molecule has 54 heavy (non-hydrogen) atoms. The minimum Gasteiger partial charge on any atom is -0.475 e. The summed E-state index contributed by atoms with van der Waals surface area (Å²) in [5.74, 6) is -2.07. The molecule has 2 aromatic carbocycles. The fourth-order valence-electron chi connectivity index (χ4n) is 7.85. The van der Waals surface area contributed by atoms with Crippen LogP contribution in [-0.4, -0.2) is 62.6 Å². The number of amides is 1. The molecule has 15 heteroatoms. The van der Waals surface area contributed by atoms with Gasteiger partial charge in [-0.1, -0.05) is 51.5 Å². The fraction of sp³-hybridized carbons (Fsp3) is 0.410. The molecule has 0 saturated carbocycles. The lowest BCUT2D eigenvalue weighted by Gasteiger charge is -2.39. The number of rotatable bonds is 3. The average molecular weight is 762 g/mol. The van der Waals surface area contributed by atoms with E-state index in [0.717, 1.165) is 22.4 Å². The van der Waals surface area contributed by atoms with Crippen molar-refractivity contribution in [1.82, 2.24) is 29.4 Å². The summed E-state index contributed by atoms with van der Waals surface area (Å²) in [5, 5.41) is 0. The van der Waals surface area contributed by atoms with E-state index >= 15 is 0 Å². The molecule has 5 aromatic rings. The number of hydrogen-bond acceptors (Lipinski definition) is 8. The van der Waals surface area contributed by atoms with E-state index in [1.165, 1.54) is 35.2 Å². The van der Waals surface area contributed by atoms with Gasteiger partial charge in [0.15, 0.2) is 5.65 Å². The molecule has 3 atom stereocenters. The highest BCUT2D eigenvalue weighted by molar-refractivity contribution is 7.92. The predicted octanol–water partition coefficient (Wildman–Crippen LogP) is 7.84. The van der Waals surface area contributed by atoms with Crippen LogP contribution in [0.15, 0.2) is 65.7 Å². The second-order valence-corrected chi connectivity index (χ2v) is 17.0. The molecule has 0 aliphatic carbocycles. The van der Waals surface area contributed by atoms with Crippen LogP contribution < -0.4 is 9.46 Å². The normalized spacial score (nSPS) is 20.5. The third-order valence-electron chi connectivity index (χ3n) is 10.3. The number of fused-ring (bicyclic) bond motifs is 6. The maximum Gasteiger partial charge on any atom is 0.389 e. The molecule has 2 aliphatic heterocycles. The molecule has 1 fully saturated rings. The Balaban J connectivity index is 1.43. The van der Waals surface area contributed by atoms with Crippen LogP contribution in [0.1, 0.15) is 85.4 Å². The van der Waals surface area contributed by atoms with Crippen molar-refractivity contribution in [3.05, 3.63) is 88.9 Å². The average Bonchev–Trinajstić information content (AvgIpc) is 3.33. The third kappa shape index (κ3) is 7.25. The van der Waals surface area contributed by atoms with Crippen LogP contribution in [0.5, 0.6) is 5.88 Å². The second-order valence-electron chi connectivity index (χ2n) is 15.3. The molecule has 0 spiro atoms. The summed E-state index contributed by atoms with van der Waals surface area (Å²) in [4.78, 5) is 34.6. The van der Waals surface area contributed by atoms with Crippen LogP contribution in [0, 0.1) is 19.8 Å². The molecule has 11 nitrogen and oxygen atoms in total. The number of benzene rings is 2. The zero-order chi connectivity index (χ0) is 38.7. The lowest BCUT2D eigenvalue weighted by atomic mass is 9.91. The van der Waals surface area contributed by atoms with E-state index in [9.17, 15) is 26.4 Å². The van der Waals surface area contributed by atoms with Gasteiger partial charge in [0.2, 0.25) is 11.8 Å². The zero-order valence-corrected chi connectivity index (χ0v) is 31.7. The number of sulfonamides is 1. The molecule has 0 radical (unpaired) electrons. The first-order valence-electron chi connectivity index (χ1n) is 17.8. The number of aryl methyl sites for hydroxylation is 3. The van der Waals surface area contributed by atoms with Crippen molar-refractivity contribution >= 4 is 33.0 Å². The van der Waals surface area contributed by atoms with E-state index < -0.39 is 46.5 Å². The van der Waals surface area contributed by atoms with Gasteiger partial charge in [0.1, 0.15) is 12.1 Å². The summed E-state index contributed by atoms with van der Waals surface area (Å²) >= 11 is 0. The van der Waals surface area contributed by atoms with Crippen molar-refractivity contribution in [2.24, 2.45) is 13.0 Å². The summed E-state index contributed by atoms with van der Waals surface area (Å²) in [6.07, 6.45) is -3.32. The van der Waals surface area contributed by atoms with Gasteiger partial charge in [0, 0.05) is 41.8 Å². The van der Waals surface area contributed by atoms with E-state index in [-0.39, 0.29) is 40.7 Å². The number of alkyl halides is 3. The van der Waals surface area contributed by atoms with Crippen LogP contribution in [0.4, 0.5) is 19.1 Å². The summed E-state index contributed by atoms with van der Waals surface area (Å²) in [6, 6.07) is 12.7. The Morgan fingerprint density at radius 2 is 1.69 bits per heavy atom. The number of hydrogen-bond donors (Lipinski definition) is 1. The van der Waals surface area contributed by atoms with Crippen LogP contribution in [-0.2, 0) is 22.5 Å². The topological polar surface area (TPSA) is 132 Å². The molecule has 7 rings (SSSR count). The summed E-state index contributed by atoms with van der Waals surface area (Å²) < 4.78 is 81.3. The molecular weight excluding hydrogens is 720 g/mol. The van der Waals surface area contributed by atoms with E-state index in [0.29, 0.717) is 35.4 Å². The first-order chi connectivity index (χ1) is 25.4. The van der Waals surface area contributed by atoms with E-state index in [2.05, 4.69) is 35.5 Å². The first kappa shape index (κ1) is 37.3. The first-order valence-corrected chi connectivity index (χ1v) is 19.3. The van der Waals surface area contributed by atoms with E-state index in [1.807, 2.05) is 49.7 Å². The molecule has 0 unspecified atom stereocenters. The number of carbonyl (C=O) groups excluding carboxylic acids is 1. The van der Waals surface area contributed by atoms with E-state index in [1.54, 1.807) is 6.20 Å². The molecule has 2 aliphatic rings. The van der Waals surface area contributed by atoms with Crippen LogP contribution >= 0.6 is 0 Å². The Morgan fingerprint density at radius 3 is 2.39 bits per heavy atom. The van der Waals surface area contributed by atoms with E-state index in [4.69, 9.17) is 14.7 Å². The van der Waals surface area contributed by atoms with Gasteiger partial charge in [0.25, 0.3) is 15.9 Å². The Hall–Kier alpha value is -5.05. The van der Waals surface area contributed by atoms with Crippen molar-refractivity contribution in [3.8, 4) is 17.1 Å². The summed E-state index contributed by atoms with van der Waals surface area (Å²) in [6.45, 7) is 9.63. The molecule has 1 saturated heterocycles. The molecule has 1 N–H and O–H groups in total. The van der Waals surface area contributed by atoms with Gasteiger partial charge in [-0.3, -0.25) is 9.78 Å². The SMILES string of the molecule is Cc1cccc(C)c1-c1cc2nc(n1)NS(=O)(=O)c1cccc(c1)C(=O)N1[C@H](c3cnc4cc(C(C)(C)C)n(C)c4n3)CCC[C@@H](CC(F)(F)F)[C@@H]1CO2. The maximum atomic E-state index is 14.9. The Kier molecular flexibility index (Phi) is 9.43. The highest BCUT2D eigenvalue weighted by atomic mass is 32.2. The van der Waals surface area contributed by atoms with Gasteiger partial charge in [-0.15, -0.1) is 0 Å². The highest BCUT2D eigenvalue weighted by Gasteiger charge is 2.45. The minimum absolute atomic E-state index is 0.0217. The number of aromatic nitrogens is 5. The number of nitrogens with one attached hydrogen (secondary N) is 1. The monoisotopic (exact) mass is 761 g/mol. The van der Waals surface area contributed by atoms with Crippen molar-refractivity contribution in [2.45, 2.75) is 88.9 Å². The van der Waals surface area contributed by atoms with Crippen molar-refractivity contribution in [2.75, 3.05) is 11.3 Å². The zero-order valence-electron chi connectivity index (χ0n) is 30.9. The van der Waals surface area contributed by atoms with Gasteiger partial charge < -0.3 is 14.2 Å². The van der Waals surface area contributed by atoms with Crippen LogP contribution in [0.25, 0.3) is 22.4 Å². The smallest absolute Gasteiger partial charge is 0.389 e. The standard InChI is InChI=1S/C39H42F3N7O4S/c1-22-10-7-11-23(2)34(22)27-18-33-46-37(45-27)47-54(51,52)26-14-8-12-24(16-26)36(50)49-30(15-9-13-25(19-39(40,41)42)31(49)21-53-33)29-20-43-28-17-32(38(3,4)5)48(6)35(28)44-29/h7-8,10-12,14,16-18,20,25,30-31H,9,13,15,19,21H2,1-6H3,(H,45,46,47)/t25-,30-,31-/m0/s1. The van der Waals surface area contributed by atoms with Gasteiger partial charge in [-0.2, -0.15) is 18.2 Å². The van der Waals surface area contributed by atoms with Crippen LogP contribution in [0.2, 0.25) is 0 Å². The Labute approximate surface area is 312 Å². The molecule has 4 bridgehead atoms. The lowest BCUT2D eigenvalue weighted by molar-refractivity contribution is -0.150. The molecule has 284 valence electrons. The Bertz CT molecular complexity index is 2350. The summed E-state index contributed by atoms with van der Waals surface area (Å²) in [5.41, 5.74) is 5.18. The minimum atomic E-state index is -4.54. The summed E-state index contributed by atoms with van der Waals surface area (Å²) in [7, 11) is -2.47. The van der Waals surface area contributed by atoms with Gasteiger partial charge >= 0.3 is 6.18 Å². The van der Waals surface area contributed by atoms with Crippen molar-refractivity contribution in [3.63, 3.8) is 0 Å². The Morgan fingerprint density at radius 1 is 0.963 bits per heavy atom. The third-order valence-corrected chi connectivity index (χ3v) is 11.7. The number of halogens is 3. The number of nitrogens with zero attached hydrogens (tertiary/aromatic N) is 6. The highest BCUT2D eigenvalue weighted by Crippen LogP contribution is 2.42. The second kappa shape index (κ2) is 13.7. The van der Waals surface area contributed by atoms with Gasteiger partial charge in [-0.05, 0) is 68.0 Å².